The highest BCUT2D eigenvalue weighted by Crippen LogP contribution is 2.24. The van der Waals surface area contributed by atoms with Crippen LogP contribution in [0.2, 0.25) is 0 Å². The molecule has 2 rings (SSSR count). The third-order valence-electron chi connectivity index (χ3n) is 3.23. The van der Waals surface area contributed by atoms with E-state index >= 15 is 0 Å². The smallest absolute Gasteiger partial charge is 0.0977 e. The fourth-order valence-corrected chi connectivity index (χ4v) is 2.18. The van der Waals surface area contributed by atoms with Crippen molar-refractivity contribution in [3.8, 4) is 0 Å². The number of hydrogen-bond donors (Lipinski definition) is 4. The Morgan fingerprint density at radius 3 is 2.41 bits per heavy atom. The molecule has 1 fully saturated rings. The zero-order chi connectivity index (χ0) is 12.4. The molecule has 0 radical (unpaired) electrons. The Bertz CT molecular complexity index is 369. The molecule has 1 aliphatic heterocycles. The summed E-state index contributed by atoms with van der Waals surface area (Å²) in [7, 11) is 0. The standard InChI is InChI=1S/C12H18N2O3/c13-9-1-3-10(4-2-9)14-5-8(7-15)12(17)11(16)6-14/h1-4,8,11-12,15-17H,5-7,13H2. The van der Waals surface area contributed by atoms with Gasteiger partial charge in [-0.2, -0.15) is 0 Å². The number of aliphatic hydroxyl groups is 3. The van der Waals surface area contributed by atoms with Gasteiger partial charge in [-0.1, -0.05) is 0 Å². The first-order chi connectivity index (χ1) is 8.11. The van der Waals surface area contributed by atoms with Gasteiger partial charge in [0.1, 0.15) is 0 Å². The van der Waals surface area contributed by atoms with Crippen LogP contribution >= 0.6 is 0 Å². The molecule has 1 saturated heterocycles. The molecular weight excluding hydrogens is 220 g/mol. The molecule has 1 aromatic rings. The second-order valence-corrected chi connectivity index (χ2v) is 4.50. The van der Waals surface area contributed by atoms with Crippen molar-refractivity contribution in [3.05, 3.63) is 24.3 Å². The van der Waals surface area contributed by atoms with Crippen LogP contribution in [0.1, 0.15) is 0 Å². The van der Waals surface area contributed by atoms with Gasteiger partial charge in [-0.25, -0.2) is 0 Å². The summed E-state index contributed by atoms with van der Waals surface area (Å²) >= 11 is 0. The van der Waals surface area contributed by atoms with Crippen LogP contribution in [0.3, 0.4) is 0 Å². The van der Waals surface area contributed by atoms with Gasteiger partial charge in [-0.3, -0.25) is 0 Å². The van der Waals surface area contributed by atoms with E-state index in [-0.39, 0.29) is 12.5 Å². The predicted octanol–water partition coefficient (Wildman–Crippen LogP) is -0.581. The van der Waals surface area contributed by atoms with E-state index < -0.39 is 12.2 Å². The number of hydrogen-bond acceptors (Lipinski definition) is 5. The molecule has 1 aromatic carbocycles. The Morgan fingerprint density at radius 2 is 1.82 bits per heavy atom. The lowest BCUT2D eigenvalue weighted by atomic mass is 9.93. The molecule has 0 spiro atoms. The largest absolute Gasteiger partial charge is 0.399 e. The molecule has 17 heavy (non-hydrogen) atoms. The van der Waals surface area contributed by atoms with E-state index in [0.717, 1.165) is 5.69 Å². The van der Waals surface area contributed by atoms with Crippen LogP contribution in [-0.4, -0.2) is 47.2 Å². The Labute approximate surface area is 100 Å². The van der Waals surface area contributed by atoms with E-state index in [4.69, 9.17) is 5.73 Å². The number of piperidine rings is 1. The molecule has 5 N–H and O–H groups in total. The van der Waals surface area contributed by atoms with Gasteiger partial charge >= 0.3 is 0 Å². The van der Waals surface area contributed by atoms with Gasteiger partial charge in [-0.15, -0.1) is 0 Å². The Balaban J connectivity index is 2.14. The van der Waals surface area contributed by atoms with Crippen LogP contribution in [0.15, 0.2) is 24.3 Å². The van der Waals surface area contributed by atoms with Crippen LogP contribution in [0.4, 0.5) is 11.4 Å². The van der Waals surface area contributed by atoms with E-state index in [9.17, 15) is 15.3 Å². The van der Waals surface area contributed by atoms with Crippen LogP contribution < -0.4 is 10.6 Å². The summed E-state index contributed by atoms with van der Waals surface area (Å²) in [6.07, 6.45) is -1.69. The fraction of sp³-hybridized carbons (Fsp3) is 0.500. The number of nitrogens with two attached hydrogens (primary N) is 1. The monoisotopic (exact) mass is 238 g/mol. The highest BCUT2D eigenvalue weighted by Gasteiger charge is 2.34. The molecule has 5 heteroatoms. The number of nitrogen functional groups attached to an aromatic ring is 1. The summed E-state index contributed by atoms with van der Waals surface area (Å²) in [5.74, 6) is -0.323. The van der Waals surface area contributed by atoms with Crippen molar-refractivity contribution in [2.24, 2.45) is 5.92 Å². The SMILES string of the molecule is Nc1ccc(N2CC(O)C(O)C(CO)C2)cc1. The molecule has 94 valence electrons. The van der Waals surface area contributed by atoms with Gasteiger partial charge in [0, 0.05) is 30.4 Å². The average Bonchev–Trinajstić information content (AvgIpc) is 2.33. The highest BCUT2D eigenvalue weighted by atomic mass is 16.3. The molecule has 0 saturated carbocycles. The minimum Gasteiger partial charge on any atom is -0.399 e. The summed E-state index contributed by atoms with van der Waals surface area (Å²) in [6.45, 7) is 0.754. The lowest BCUT2D eigenvalue weighted by Crippen LogP contribution is -2.53. The third-order valence-corrected chi connectivity index (χ3v) is 3.23. The molecule has 0 bridgehead atoms. The minimum absolute atomic E-state index is 0.135. The van der Waals surface area contributed by atoms with Crippen LogP contribution in [0, 0.1) is 5.92 Å². The average molecular weight is 238 g/mol. The van der Waals surface area contributed by atoms with Crippen molar-refractivity contribution < 1.29 is 15.3 Å². The maximum absolute atomic E-state index is 9.74. The van der Waals surface area contributed by atoms with Crippen molar-refractivity contribution in [2.45, 2.75) is 12.2 Å². The zero-order valence-corrected chi connectivity index (χ0v) is 9.53. The lowest BCUT2D eigenvalue weighted by Gasteiger charge is -2.39. The van der Waals surface area contributed by atoms with Gasteiger partial charge < -0.3 is 26.0 Å². The van der Waals surface area contributed by atoms with Crippen molar-refractivity contribution in [1.29, 1.82) is 0 Å². The molecular formula is C12H18N2O3. The molecule has 0 amide bonds. The summed E-state index contributed by atoms with van der Waals surface area (Å²) in [5, 5.41) is 28.6. The first kappa shape index (κ1) is 12.2. The number of anilines is 2. The minimum atomic E-state index is -0.856. The first-order valence-corrected chi connectivity index (χ1v) is 5.69. The first-order valence-electron chi connectivity index (χ1n) is 5.69. The molecule has 0 aromatic heterocycles. The van der Waals surface area contributed by atoms with Crippen molar-refractivity contribution in [1.82, 2.24) is 0 Å². The maximum Gasteiger partial charge on any atom is 0.0977 e. The van der Waals surface area contributed by atoms with Crippen LogP contribution in [0.5, 0.6) is 0 Å². The summed E-state index contributed by atoms with van der Waals surface area (Å²) in [6, 6.07) is 7.32. The third kappa shape index (κ3) is 2.52. The molecule has 3 atom stereocenters. The molecule has 0 aliphatic carbocycles. The van der Waals surface area contributed by atoms with Crippen LogP contribution in [0.25, 0.3) is 0 Å². The molecule has 5 nitrogen and oxygen atoms in total. The maximum atomic E-state index is 9.74. The number of aliphatic hydroxyl groups excluding tert-OH is 3. The second kappa shape index (κ2) is 4.91. The summed E-state index contributed by atoms with van der Waals surface area (Å²) in [4.78, 5) is 1.94. The summed E-state index contributed by atoms with van der Waals surface area (Å²) < 4.78 is 0. The summed E-state index contributed by atoms with van der Waals surface area (Å²) in [5.41, 5.74) is 7.23. The Hall–Kier alpha value is -1.30. The fourth-order valence-electron chi connectivity index (χ4n) is 2.18. The van der Waals surface area contributed by atoms with E-state index in [2.05, 4.69) is 0 Å². The normalized spacial score (nSPS) is 29.4. The number of β-amino-alcohol motifs (C(OH)–C–C–N with tert-alkyl or cyclic N) is 1. The number of benzene rings is 1. The number of nitrogens with zero attached hydrogens (tertiary/aromatic N) is 1. The lowest BCUT2D eigenvalue weighted by molar-refractivity contribution is -0.0411. The van der Waals surface area contributed by atoms with Crippen molar-refractivity contribution >= 4 is 11.4 Å². The van der Waals surface area contributed by atoms with Gasteiger partial charge in [0.2, 0.25) is 0 Å². The van der Waals surface area contributed by atoms with Crippen molar-refractivity contribution in [2.75, 3.05) is 30.3 Å². The van der Waals surface area contributed by atoms with E-state index in [1.807, 2.05) is 17.0 Å². The molecule has 1 heterocycles. The van der Waals surface area contributed by atoms with Gasteiger partial charge in [0.05, 0.1) is 18.8 Å². The predicted molar refractivity (Wildman–Crippen MR) is 65.7 cm³/mol. The van der Waals surface area contributed by atoms with Crippen LogP contribution in [-0.2, 0) is 0 Å². The van der Waals surface area contributed by atoms with E-state index in [1.165, 1.54) is 0 Å². The van der Waals surface area contributed by atoms with Gasteiger partial charge in [0.15, 0.2) is 0 Å². The highest BCUT2D eigenvalue weighted by molar-refractivity contribution is 5.53. The van der Waals surface area contributed by atoms with E-state index in [0.29, 0.717) is 18.8 Å². The van der Waals surface area contributed by atoms with Gasteiger partial charge in [-0.05, 0) is 24.3 Å². The Kier molecular flexibility index (Phi) is 3.51. The topological polar surface area (TPSA) is 90.0 Å². The second-order valence-electron chi connectivity index (χ2n) is 4.50. The Morgan fingerprint density at radius 1 is 1.18 bits per heavy atom. The molecule has 1 aliphatic rings. The van der Waals surface area contributed by atoms with Crippen molar-refractivity contribution in [3.63, 3.8) is 0 Å². The van der Waals surface area contributed by atoms with Gasteiger partial charge in [0.25, 0.3) is 0 Å². The zero-order valence-electron chi connectivity index (χ0n) is 9.53. The quantitative estimate of drug-likeness (QED) is 0.518. The molecule has 3 unspecified atom stereocenters. The van der Waals surface area contributed by atoms with E-state index in [1.54, 1.807) is 12.1 Å². The number of rotatable bonds is 2.